The van der Waals surface area contributed by atoms with E-state index in [0.717, 1.165) is 17.9 Å². The first-order valence-corrected chi connectivity index (χ1v) is 7.51. The van der Waals surface area contributed by atoms with Gasteiger partial charge in [-0.15, -0.1) is 0 Å². The zero-order valence-electron chi connectivity index (χ0n) is 11.9. The van der Waals surface area contributed by atoms with Gasteiger partial charge in [0.1, 0.15) is 0 Å². The van der Waals surface area contributed by atoms with Crippen LogP contribution in [0.4, 0.5) is 0 Å². The Bertz CT molecular complexity index is 398. The average Bonchev–Trinajstić information content (AvgIpc) is 2.33. The van der Waals surface area contributed by atoms with E-state index in [9.17, 15) is 0 Å². The third-order valence-corrected chi connectivity index (χ3v) is 4.81. The Morgan fingerprint density at radius 3 is 2.32 bits per heavy atom. The van der Waals surface area contributed by atoms with E-state index in [2.05, 4.69) is 31.1 Å². The van der Waals surface area contributed by atoms with E-state index in [1.54, 1.807) is 0 Å². The molecule has 2 nitrogen and oxygen atoms in total. The van der Waals surface area contributed by atoms with Crippen LogP contribution in [-0.4, -0.2) is 36.8 Å². The Kier molecular flexibility index (Phi) is 4.88. The fourth-order valence-corrected chi connectivity index (χ4v) is 3.59. The third-order valence-electron chi connectivity index (χ3n) is 4.56. The Labute approximate surface area is 121 Å². The van der Waals surface area contributed by atoms with Gasteiger partial charge in [0.15, 0.2) is 0 Å². The van der Waals surface area contributed by atoms with Crippen molar-refractivity contribution in [2.45, 2.75) is 43.6 Å². The first-order chi connectivity index (χ1) is 9.10. The molecule has 1 atom stereocenters. The minimum atomic E-state index is 0.253. The van der Waals surface area contributed by atoms with Gasteiger partial charge in [-0.3, -0.25) is 0 Å². The number of halogens is 1. The highest BCUT2D eigenvalue weighted by Gasteiger charge is 2.45. The van der Waals surface area contributed by atoms with Crippen molar-refractivity contribution in [1.29, 1.82) is 0 Å². The van der Waals surface area contributed by atoms with E-state index in [1.165, 1.54) is 24.8 Å². The highest BCUT2D eigenvalue weighted by Crippen LogP contribution is 2.49. The summed E-state index contributed by atoms with van der Waals surface area (Å²) in [6, 6.07) is 8.84. The predicted octanol–water partition coefficient (Wildman–Crippen LogP) is 3.46. The lowest BCUT2D eigenvalue weighted by atomic mass is 9.59. The quantitative estimate of drug-likeness (QED) is 0.863. The SMILES string of the molecule is CN(C)C(CCCO)C1(c2ccc(Cl)cc2)CCC1. The molecule has 0 spiro atoms. The molecule has 0 aromatic heterocycles. The molecule has 0 bridgehead atoms. The summed E-state index contributed by atoms with van der Waals surface area (Å²) in [5.74, 6) is 0. The van der Waals surface area contributed by atoms with E-state index < -0.39 is 0 Å². The van der Waals surface area contributed by atoms with Gasteiger partial charge in [-0.25, -0.2) is 0 Å². The number of aliphatic hydroxyl groups excluding tert-OH is 1. The number of rotatable bonds is 6. The molecule has 0 amide bonds. The van der Waals surface area contributed by atoms with Crippen LogP contribution in [0.25, 0.3) is 0 Å². The molecule has 0 heterocycles. The second-order valence-corrected chi connectivity index (χ2v) is 6.30. The van der Waals surface area contributed by atoms with Crippen LogP contribution < -0.4 is 0 Å². The van der Waals surface area contributed by atoms with Crippen LogP contribution in [0.5, 0.6) is 0 Å². The maximum atomic E-state index is 9.12. The summed E-state index contributed by atoms with van der Waals surface area (Å²) in [7, 11) is 4.30. The maximum Gasteiger partial charge on any atom is 0.0431 e. The molecule has 106 valence electrons. The summed E-state index contributed by atoms with van der Waals surface area (Å²) in [5.41, 5.74) is 1.66. The summed E-state index contributed by atoms with van der Waals surface area (Å²) in [6.45, 7) is 0.279. The van der Waals surface area contributed by atoms with Gasteiger partial charge in [-0.05, 0) is 57.5 Å². The molecule has 19 heavy (non-hydrogen) atoms. The molecule has 0 saturated heterocycles. The number of likely N-dealkylation sites (N-methyl/N-ethyl adjacent to an activating group) is 1. The summed E-state index contributed by atoms with van der Waals surface area (Å²) in [6.07, 6.45) is 5.70. The van der Waals surface area contributed by atoms with Gasteiger partial charge in [0.2, 0.25) is 0 Å². The first-order valence-electron chi connectivity index (χ1n) is 7.13. The molecule has 1 saturated carbocycles. The van der Waals surface area contributed by atoms with E-state index in [4.69, 9.17) is 16.7 Å². The molecule has 3 heteroatoms. The lowest BCUT2D eigenvalue weighted by Crippen LogP contribution is -2.52. The standard InChI is InChI=1S/C16H24ClNO/c1-18(2)15(5-3-12-19)16(10-4-11-16)13-6-8-14(17)9-7-13/h6-9,15,19H,3-5,10-12H2,1-2H3. The molecule has 2 rings (SSSR count). The van der Waals surface area contributed by atoms with Crippen molar-refractivity contribution in [2.24, 2.45) is 0 Å². The fraction of sp³-hybridized carbons (Fsp3) is 0.625. The second kappa shape index (κ2) is 6.25. The van der Waals surface area contributed by atoms with Crippen LogP contribution in [0.15, 0.2) is 24.3 Å². The van der Waals surface area contributed by atoms with E-state index in [-0.39, 0.29) is 12.0 Å². The van der Waals surface area contributed by atoms with Gasteiger partial charge in [0.25, 0.3) is 0 Å². The van der Waals surface area contributed by atoms with Crippen LogP contribution >= 0.6 is 11.6 Å². The largest absolute Gasteiger partial charge is 0.396 e. The summed E-state index contributed by atoms with van der Waals surface area (Å²) < 4.78 is 0. The van der Waals surface area contributed by atoms with Crippen molar-refractivity contribution in [3.05, 3.63) is 34.9 Å². The third kappa shape index (κ3) is 2.96. The summed E-state index contributed by atoms with van der Waals surface area (Å²) in [4.78, 5) is 2.32. The summed E-state index contributed by atoms with van der Waals surface area (Å²) >= 11 is 6.01. The minimum Gasteiger partial charge on any atom is -0.396 e. The number of hydrogen-bond donors (Lipinski definition) is 1. The van der Waals surface area contributed by atoms with Crippen molar-refractivity contribution in [3.8, 4) is 0 Å². The van der Waals surface area contributed by atoms with Crippen molar-refractivity contribution in [3.63, 3.8) is 0 Å². The zero-order chi connectivity index (χ0) is 13.9. The Balaban J connectivity index is 2.26. The number of hydrogen-bond acceptors (Lipinski definition) is 2. The van der Waals surface area contributed by atoms with Gasteiger partial charge in [-0.1, -0.05) is 30.2 Å². The molecule has 1 N–H and O–H groups in total. The smallest absolute Gasteiger partial charge is 0.0431 e. The number of aliphatic hydroxyl groups is 1. The zero-order valence-corrected chi connectivity index (χ0v) is 12.7. The summed E-state index contributed by atoms with van der Waals surface area (Å²) in [5, 5.41) is 9.93. The van der Waals surface area contributed by atoms with E-state index in [0.29, 0.717) is 6.04 Å². The molecule has 1 aliphatic carbocycles. The predicted molar refractivity (Wildman–Crippen MR) is 80.8 cm³/mol. The first kappa shape index (κ1) is 14.8. The van der Waals surface area contributed by atoms with E-state index in [1.807, 2.05) is 12.1 Å². The molecule has 1 unspecified atom stereocenters. The van der Waals surface area contributed by atoms with Crippen LogP contribution in [0.2, 0.25) is 5.02 Å². The van der Waals surface area contributed by atoms with Crippen molar-refractivity contribution >= 4 is 11.6 Å². The maximum absolute atomic E-state index is 9.12. The Morgan fingerprint density at radius 2 is 1.89 bits per heavy atom. The average molecular weight is 282 g/mol. The lowest BCUT2D eigenvalue weighted by Gasteiger charge is -2.51. The fourth-order valence-electron chi connectivity index (χ4n) is 3.47. The lowest BCUT2D eigenvalue weighted by molar-refractivity contribution is 0.0840. The molecular formula is C16H24ClNO. The highest BCUT2D eigenvalue weighted by atomic mass is 35.5. The molecule has 1 aromatic rings. The van der Waals surface area contributed by atoms with Gasteiger partial charge < -0.3 is 10.0 Å². The van der Waals surface area contributed by atoms with E-state index >= 15 is 0 Å². The molecule has 0 aliphatic heterocycles. The minimum absolute atomic E-state index is 0.253. The van der Waals surface area contributed by atoms with Gasteiger partial charge in [0.05, 0.1) is 0 Å². The Hall–Kier alpha value is -0.570. The van der Waals surface area contributed by atoms with Crippen LogP contribution in [-0.2, 0) is 5.41 Å². The monoisotopic (exact) mass is 281 g/mol. The second-order valence-electron chi connectivity index (χ2n) is 5.86. The van der Waals surface area contributed by atoms with Gasteiger partial charge >= 0.3 is 0 Å². The van der Waals surface area contributed by atoms with Crippen molar-refractivity contribution in [1.82, 2.24) is 4.90 Å². The molecule has 1 aromatic carbocycles. The molecule has 1 fully saturated rings. The van der Waals surface area contributed by atoms with Crippen LogP contribution in [0.3, 0.4) is 0 Å². The van der Waals surface area contributed by atoms with Gasteiger partial charge in [0, 0.05) is 23.1 Å². The van der Waals surface area contributed by atoms with Crippen molar-refractivity contribution in [2.75, 3.05) is 20.7 Å². The molecule has 0 radical (unpaired) electrons. The normalized spacial score (nSPS) is 19.2. The Morgan fingerprint density at radius 1 is 1.26 bits per heavy atom. The number of benzene rings is 1. The topological polar surface area (TPSA) is 23.5 Å². The van der Waals surface area contributed by atoms with Crippen LogP contribution in [0, 0.1) is 0 Å². The molecule has 1 aliphatic rings. The molecular weight excluding hydrogens is 258 g/mol. The van der Waals surface area contributed by atoms with Gasteiger partial charge in [-0.2, -0.15) is 0 Å². The van der Waals surface area contributed by atoms with Crippen LogP contribution in [0.1, 0.15) is 37.7 Å². The number of nitrogens with zero attached hydrogens (tertiary/aromatic N) is 1. The van der Waals surface area contributed by atoms with Crippen molar-refractivity contribution < 1.29 is 5.11 Å². The highest BCUT2D eigenvalue weighted by molar-refractivity contribution is 6.30.